The van der Waals surface area contributed by atoms with Crippen LogP contribution in [0, 0.1) is 5.41 Å². The van der Waals surface area contributed by atoms with Gasteiger partial charge in [-0.2, -0.15) is 0 Å². The quantitative estimate of drug-likeness (QED) is 0.615. The fourth-order valence-corrected chi connectivity index (χ4v) is 3.89. The Labute approximate surface area is 141 Å². The van der Waals surface area contributed by atoms with E-state index in [1.54, 1.807) is 0 Å². The predicted molar refractivity (Wildman–Crippen MR) is 96.5 cm³/mol. The Hall–Kier alpha value is -2.44. The van der Waals surface area contributed by atoms with Crippen molar-refractivity contribution in [2.75, 3.05) is 0 Å². The van der Waals surface area contributed by atoms with Gasteiger partial charge in [-0.3, -0.25) is 10.2 Å². The third kappa shape index (κ3) is 2.27. The Morgan fingerprint density at radius 1 is 1.04 bits per heavy atom. The van der Waals surface area contributed by atoms with Crippen molar-refractivity contribution in [3.05, 3.63) is 74.2 Å². The summed E-state index contributed by atoms with van der Waals surface area (Å²) < 4.78 is 0. The molecule has 0 aliphatic carbocycles. The number of hydrogen-bond donors (Lipinski definition) is 3. The van der Waals surface area contributed by atoms with E-state index in [-0.39, 0.29) is 10.7 Å². The maximum atomic E-state index is 11.6. The average Bonchev–Trinajstić information content (AvgIpc) is 3.07. The Kier molecular flexibility index (Phi) is 3.28. The van der Waals surface area contributed by atoms with Crippen molar-refractivity contribution < 1.29 is 0 Å². The molecule has 0 amide bonds. The van der Waals surface area contributed by atoms with Crippen LogP contribution < -0.4 is 4.87 Å². The van der Waals surface area contributed by atoms with Crippen molar-refractivity contribution in [2.45, 2.75) is 5.03 Å². The van der Waals surface area contributed by atoms with Crippen molar-refractivity contribution in [2.24, 2.45) is 4.99 Å². The van der Waals surface area contributed by atoms with E-state index in [0.29, 0.717) is 15.6 Å². The number of amidine groups is 1. The summed E-state index contributed by atoms with van der Waals surface area (Å²) in [6.07, 6.45) is 0. The topological polar surface area (TPSA) is 69.1 Å². The zero-order valence-corrected chi connectivity index (χ0v) is 13.5. The summed E-state index contributed by atoms with van der Waals surface area (Å²) in [4.78, 5) is 19.2. The van der Waals surface area contributed by atoms with E-state index in [1.807, 2.05) is 48.5 Å². The minimum absolute atomic E-state index is 0.176. The molecule has 6 heteroatoms. The van der Waals surface area contributed by atoms with Crippen LogP contribution >= 0.6 is 24.0 Å². The third-order valence-electron chi connectivity index (χ3n) is 3.71. The monoisotopic (exact) mass is 337 g/mol. The third-order valence-corrected chi connectivity index (χ3v) is 5.09. The van der Waals surface area contributed by atoms with Crippen LogP contribution in [0.2, 0.25) is 0 Å². The van der Waals surface area contributed by atoms with Crippen LogP contribution in [0.15, 0.2) is 63.3 Å². The van der Waals surface area contributed by atoms with E-state index < -0.39 is 0 Å². The number of rotatable bonds is 2. The average molecular weight is 337 g/mol. The molecule has 0 bridgehead atoms. The minimum atomic E-state index is -0.176. The summed E-state index contributed by atoms with van der Waals surface area (Å²) >= 11 is 5.41. The summed E-state index contributed by atoms with van der Waals surface area (Å²) in [5, 5.41) is 8.64. The number of fused-ring (bicyclic) bond motifs is 1. The second-order valence-electron chi connectivity index (χ2n) is 5.10. The number of thiazole rings is 1. The normalized spacial score (nSPS) is 13.1. The smallest absolute Gasteiger partial charge is 0.305 e. The highest BCUT2D eigenvalue weighted by Gasteiger charge is 2.27. The van der Waals surface area contributed by atoms with Crippen LogP contribution in [-0.2, 0) is 0 Å². The fraction of sp³-hybridized carbons (Fsp3) is 0. The lowest BCUT2D eigenvalue weighted by Crippen LogP contribution is -2.02. The SMILES string of the molecule is N=C1N=C(c2sc(=O)[nH]c2S)c2c1cccc2-c1ccccc1. The first kappa shape index (κ1) is 14.2. The molecule has 4 nitrogen and oxygen atoms in total. The van der Waals surface area contributed by atoms with Gasteiger partial charge in [0.05, 0.1) is 15.6 Å². The van der Waals surface area contributed by atoms with E-state index in [2.05, 4.69) is 22.6 Å². The minimum Gasteiger partial charge on any atom is -0.307 e. The van der Waals surface area contributed by atoms with Crippen LogP contribution in [0.25, 0.3) is 11.1 Å². The lowest BCUT2D eigenvalue weighted by atomic mass is 9.93. The summed E-state index contributed by atoms with van der Waals surface area (Å²) in [5.41, 5.74) is 4.34. The van der Waals surface area contributed by atoms with Gasteiger partial charge >= 0.3 is 4.87 Å². The van der Waals surface area contributed by atoms with Gasteiger partial charge in [0, 0.05) is 11.1 Å². The van der Waals surface area contributed by atoms with Crippen molar-refractivity contribution >= 4 is 35.5 Å². The lowest BCUT2D eigenvalue weighted by Gasteiger charge is -2.10. The van der Waals surface area contributed by atoms with E-state index in [0.717, 1.165) is 33.6 Å². The first-order chi connectivity index (χ1) is 11.1. The van der Waals surface area contributed by atoms with Crippen LogP contribution in [0.4, 0.5) is 0 Å². The molecule has 2 heterocycles. The molecule has 0 fully saturated rings. The van der Waals surface area contributed by atoms with Crippen molar-refractivity contribution in [1.29, 1.82) is 5.41 Å². The van der Waals surface area contributed by atoms with E-state index >= 15 is 0 Å². The van der Waals surface area contributed by atoms with Crippen LogP contribution in [-0.4, -0.2) is 16.5 Å². The molecule has 4 rings (SSSR count). The first-order valence-electron chi connectivity index (χ1n) is 6.94. The molecule has 1 aliphatic heterocycles. The Morgan fingerprint density at radius 3 is 2.48 bits per heavy atom. The molecular weight excluding hydrogens is 326 g/mol. The van der Waals surface area contributed by atoms with Crippen LogP contribution in [0.5, 0.6) is 0 Å². The number of aromatic amines is 1. The number of nitrogens with one attached hydrogen (secondary N) is 2. The Balaban J connectivity index is 2.00. The highest BCUT2D eigenvalue weighted by molar-refractivity contribution is 7.80. The predicted octanol–water partition coefficient (Wildman–Crippen LogP) is 3.57. The summed E-state index contributed by atoms with van der Waals surface area (Å²) in [6.45, 7) is 0. The molecule has 2 aromatic carbocycles. The number of thiol groups is 1. The van der Waals surface area contributed by atoms with Gasteiger partial charge in [-0.15, -0.1) is 12.6 Å². The molecule has 0 radical (unpaired) electrons. The fourth-order valence-electron chi connectivity index (χ4n) is 2.74. The number of hydrogen-bond acceptors (Lipinski definition) is 4. The molecule has 0 saturated heterocycles. The summed E-state index contributed by atoms with van der Waals surface area (Å²) in [6, 6.07) is 15.8. The molecular formula is C17H11N3OS2. The number of benzene rings is 2. The van der Waals surface area contributed by atoms with E-state index in [1.165, 1.54) is 0 Å². The Bertz CT molecular complexity index is 1020. The molecule has 0 spiro atoms. The Morgan fingerprint density at radius 2 is 1.78 bits per heavy atom. The van der Waals surface area contributed by atoms with Crippen molar-refractivity contribution in [1.82, 2.24) is 4.98 Å². The van der Waals surface area contributed by atoms with E-state index in [4.69, 9.17) is 5.41 Å². The van der Waals surface area contributed by atoms with Crippen molar-refractivity contribution in [3.8, 4) is 11.1 Å². The van der Waals surface area contributed by atoms with E-state index in [9.17, 15) is 4.79 Å². The van der Waals surface area contributed by atoms with Gasteiger partial charge in [-0.25, -0.2) is 4.99 Å². The zero-order chi connectivity index (χ0) is 16.0. The zero-order valence-electron chi connectivity index (χ0n) is 11.8. The molecule has 1 aliphatic rings. The van der Waals surface area contributed by atoms with Gasteiger partial charge in [0.25, 0.3) is 0 Å². The van der Waals surface area contributed by atoms with Gasteiger partial charge in [-0.1, -0.05) is 59.9 Å². The second kappa shape index (κ2) is 5.33. The molecule has 1 aromatic heterocycles. The number of H-pyrrole nitrogens is 1. The van der Waals surface area contributed by atoms with Gasteiger partial charge in [0.1, 0.15) is 0 Å². The molecule has 0 atom stereocenters. The highest BCUT2D eigenvalue weighted by Crippen LogP contribution is 2.34. The number of aliphatic imine (C=N–C) groups is 1. The van der Waals surface area contributed by atoms with Crippen LogP contribution in [0.3, 0.4) is 0 Å². The molecule has 0 unspecified atom stereocenters. The highest BCUT2D eigenvalue weighted by atomic mass is 32.1. The second-order valence-corrected chi connectivity index (χ2v) is 6.53. The molecule has 2 N–H and O–H groups in total. The number of nitrogens with zero attached hydrogens (tertiary/aromatic N) is 1. The molecule has 23 heavy (non-hydrogen) atoms. The maximum absolute atomic E-state index is 11.6. The number of aromatic nitrogens is 1. The standard InChI is InChI=1S/C17H11N3OS2/c18-15-11-8-4-7-10(9-5-2-1-3-6-9)12(11)13(19-15)14-16(22)20-17(21)23-14/h1-8,18,22H,(H,20,21). The molecule has 0 saturated carbocycles. The van der Waals surface area contributed by atoms with Crippen molar-refractivity contribution in [3.63, 3.8) is 0 Å². The summed E-state index contributed by atoms with van der Waals surface area (Å²) in [7, 11) is 0. The van der Waals surface area contributed by atoms with Gasteiger partial charge in [0.15, 0.2) is 5.84 Å². The molecule has 3 aromatic rings. The van der Waals surface area contributed by atoms with Gasteiger partial charge in [0.2, 0.25) is 0 Å². The summed E-state index contributed by atoms with van der Waals surface area (Å²) in [5.74, 6) is 0.210. The first-order valence-corrected chi connectivity index (χ1v) is 8.20. The van der Waals surface area contributed by atoms with Crippen LogP contribution in [0.1, 0.15) is 16.0 Å². The van der Waals surface area contributed by atoms with Gasteiger partial charge in [-0.05, 0) is 11.1 Å². The lowest BCUT2D eigenvalue weighted by molar-refractivity contribution is 1.16. The maximum Gasteiger partial charge on any atom is 0.305 e. The van der Waals surface area contributed by atoms with Gasteiger partial charge < -0.3 is 4.98 Å². The largest absolute Gasteiger partial charge is 0.307 e. The molecule has 112 valence electrons.